The summed E-state index contributed by atoms with van der Waals surface area (Å²) < 4.78 is 12.6. The summed E-state index contributed by atoms with van der Waals surface area (Å²) in [5.74, 6) is 0.486. The van der Waals surface area contributed by atoms with E-state index in [-0.39, 0.29) is 11.7 Å². The molecule has 1 saturated carbocycles. The molecular formula is C24H34O2. The van der Waals surface area contributed by atoms with Gasteiger partial charge in [0.25, 0.3) is 0 Å². The predicted molar refractivity (Wildman–Crippen MR) is 108 cm³/mol. The van der Waals surface area contributed by atoms with Gasteiger partial charge in [-0.05, 0) is 57.4 Å². The third kappa shape index (κ3) is 4.13. The predicted octanol–water partition coefficient (Wildman–Crippen LogP) is 6.60. The third-order valence-corrected chi connectivity index (χ3v) is 6.44. The summed E-state index contributed by atoms with van der Waals surface area (Å²) in [6.45, 7) is 14.0. The summed E-state index contributed by atoms with van der Waals surface area (Å²) in [7, 11) is 0. The van der Waals surface area contributed by atoms with Crippen molar-refractivity contribution in [1.29, 1.82) is 0 Å². The van der Waals surface area contributed by atoms with Gasteiger partial charge in [-0.15, -0.1) is 0 Å². The zero-order chi connectivity index (χ0) is 18.7. The first kappa shape index (κ1) is 19.4. The highest BCUT2D eigenvalue weighted by atomic mass is 16.7. The molecule has 1 aliphatic heterocycles. The van der Waals surface area contributed by atoms with E-state index in [2.05, 4.69) is 58.5 Å². The van der Waals surface area contributed by atoms with Gasteiger partial charge in [0.05, 0.1) is 12.7 Å². The SMILES string of the molecule is C=C(C)C(CC[C@]1(C)CCC[C@H]2OC(c3ccccc3)OC[C@H]21)=C(C)C. The normalized spacial score (nSPS) is 31.2. The van der Waals surface area contributed by atoms with E-state index in [0.29, 0.717) is 12.0 Å². The van der Waals surface area contributed by atoms with Crippen molar-refractivity contribution >= 4 is 0 Å². The number of benzene rings is 1. The van der Waals surface area contributed by atoms with Gasteiger partial charge in [0.15, 0.2) is 6.29 Å². The van der Waals surface area contributed by atoms with Crippen LogP contribution in [0.2, 0.25) is 0 Å². The van der Waals surface area contributed by atoms with Crippen molar-refractivity contribution < 1.29 is 9.47 Å². The lowest BCUT2D eigenvalue weighted by Gasteiger charge is -2.50. The first-order valence-corrected chi connectivity index (χ1v) is 10.0. The maximum atomic E-state index is 6.42. The fourth-order valence-corrected chi connectivity index (χ4v) is 4.80. The molecule has 1 aromatic carbocycles. The van der Waals surface area contributed by atoms with Crippen LogP contribution in [-0.2, 0) is 9.47 Å². The van der Waals surface area contributed by atoms with Crippen LogP contribution in [0.3, 0.4) is 0 Å². The Morgan fingerprint density at radius 2 is 1.92 bits per heavy atom. The Morgan fingerprint density at radius 3 is 2.58 bits per heavy atom. The van der Waals surface area contributed by atoms with Crippen molar-refractivity contribution in [2.75, 3.05) is 6.61 Å². The van der Waals surface area contributed by atoms with Crippen molar-refractivity contribution in [3.8, 4) is 0 Å². The molecule has 4 atom stereocenters. The molecular weight excluding hydrogens is 320 g/mol. The molecule has 1 unspecified atom stereocenters. The number of fused-ring (bicyclic) bond motifs is 1. The molecule has 2 nitrogen and oxygen atoms in total. The molecule has 1 heterocycles. The van der Waals surface area contributed by atoms with Crippen LogP contribution in [0, 0.1) is 11.3 Å². The number of hydrogen-bond acceptors (Lipinski definition) is 2. The molecule has 2 fully saturated rings. The molecule has 26 heavy (non-hydrogen) atoms. The van der Waals surface area contributed by atoms with Gasteiger partial charge in [-0.1, -0.05) is 61.4 Å². The van der Waals surface area contributed by atoms with Crippen LogP contribution >= 0.6 is 0 Å². The molecule has 1 saturated heterocycles. The highest BCUT2D eigenvalue weighted by Gasteiger charge is 2.46. The van der Waals surface area contributed by atoms with Gasteiger partial charge in [-0.2, -0.15) is 0 Å². The van der Waals surface area contributed by atoms with Crippen LogP contribution in [0.1, 0.15) is 71.7 Å². The van der Waals surface area contributed by atoms with Gasteiger partial charge in [0.1, 0.15) is 0 Å². The molecule has 0 N–H and O–H groups in total. The molecule has 2 heteroatoms. The third-order valence-electron chi connectivity index (χ3n) is 6.44. The van der Waals surface area contributed by atoms with Gasteiger partial charge >= 0.3 is 0 Å². The average Bonchev–Trinajstić information content (AvgIpc) is 2.62. The topological polar surface area (TPSA) is 18.5 Å². The van der Waals surface area contributed by atoms with Crippen molar-refractivity contribution in [3.63, 3.8) is 0 Å². The standard InChI is InChI=1S/C24H34O2/c1-17(2)20(18(3)4)13-15-24(5)14-9-12-22-21(24)16-25-23(26-22)19-10-7-6-8-11-19/h6-8,10-11,21-23H,1,9,12-16H2,2-5H3/t21-,22-,23?,24+/m1/s1. The van der Waals surface area contributed by atoms with Gasteiger partial charge in [-0.25, -0.2) is 0 Å². The first-order valence-electron chi connectivity index (χ1n) is 10.0. The summed E-state index contributed by atoms with van der Waals surface area (Å²) in [6.07, 6.45) is 6.07. The number of rotatable bonds is 5. The molecule has 0 spiro atoms. The minimum atomic E-state index is -0.205. The Kier molecular flexibility index (Phi) is 6.04. The number of allylic oxidation sites excluding steroid dienone is 3. The minimum absolute atomic E-state index is 0.205. The van der Waals surface area contributed by atoms with Crippen LogP contribution in [0.25, 0.3) is 0 Å². The van der Waals surface area contributed by atoms with Crippen LogP contribution in [0.5, 0.6) is 0 Å². The van der Waals surface area contributed by atoms with Gasteiger partial charge in [0, 0.05) is 11.5 Å². The van der Waals surface area contributed by atoms with Crippen LogP contribution in [0.4, 0.5) is 0 Å². The molecule has 0 aromatic heterocycles. The van der Waals surface area contributed by atoms with Crippen LogP contribution < -0.4 is 0 Å². The fourth-order valence-electron chi connectivity index (χ4n) is 4.80. The molecule has 1 aromatic rings. The minimum Gasteiger partial charge on any atom is -0.348 e. The van der Waals surface area contributed by atoms with E-state index in [4.69, 9.17) is 9.47 Å². The monoisotopic (exact) mass is 354 g/mol. The maximum absolute atomic E-state index is 6.42. The van der Waals surface area contributed by atoms with E-state index in [1.807, 2.05) is 6.07 Å². The second-order valence-electron chi connectivity index (χ2n) is 8.66. The van der Waals surface area contributed by atoms with E-state index >= 15 is 0 Å². The van der Waals surface area contributed by atoms with Gasteiger partial charge < -0.3 is 9.47 Å². The van der Waals surface area contributed by atoms with Gasteiger partial charge in [-0.3, -0.25) is 0 Å². The summed E-state index contributed by atoms with van der Waals surface area (Å²) in [6, 6.07) is 10.3. The Morgan fingerprint density at radius 1 is 1.19 bits per heavy atom. The Bertz CT molecular complexity index is 656. The van der Waals surface area contributed by atoms with Crippen molar-refractivity contribution in [2.45, 2.75) is 72.2 Å². The number of hydrogen-bond donors (Lipinski definition) is 0. The second-order valence-corrected chi connectivity index (χ2v) is 8.66. The van der Waals surface area contributed by atoms with Crippen molar-refractivity contribution in [2.24, 2.45) is 11.3 Å². The first-order chi connectivity index (χ1) is 12.4. The smallest absolute Gasteiger partial charge is 0.184 e. The molecule has 0 radical (unpaired) electrons. The van der Waals surface area contributed by atoms with E-state index < -0.39 is 0 Å². The Balaban J connectivity index is 1.69. The van der Waals surface area contributed by atoms with Gasteiger partial charge in [0.2, 0.25) is 0 Å². The Labute approximate surface area is 159 Å². The molecule has 142 valence electrons. The van der Waals surface area contributed by atoms with E-state index in [9.17, 15) is 0 Å². The maximum Gasteiger partial charge on any atom is 0.184 e. The highest BCUT2D eigenvalue weighted by Crippen LogP contribution is 2.50. The largest absolute Gasteiger partial charge is 0.348 e. The molecule has 0 amide bonds. The summed E-state index contributed by atoms with van der Waals surface area (Å²) >= 11 is 0. The number of ether oxygens (including phenoxy) is 2. The highest BCUT2D eigenvalue weighted by molar-refractivity contribution is 5.30. The Hall–Kier alpha value is -1.38. The van der Waals surface area contributed by atoms with Crippen LogP contribution in [0.15, 0.2) is 53.6 Å². The van der Waals surface area contributed by atoms with E-state index in [1.54, 1.807) is 0 Å². The zero-order valence-electron chi connectivity index (χ0n) is 16.9. The molecule has 0 bridgehead atoms. The van der Waals surface area contributed by atoms with E-state index in [1.165, 1.54) is 36.0 Å². The zero-order valence-corrected chi connectivity index (χ0v) is 16.9. The molecule has 1 aliphatic carbocycles. The summed E-state index contributed by atoms with van der Waals surface area (Å²) in [4.78, 5) is 0. The molecule has 2 aliphatic rings. The van der Waals surface area contributed by atoms with Crippen LogP contribution in [-0.4, -0.2) is 12.7 Å². The lowest BCUT2D eigenvalue weighted by Crippen LogP contribution is -2.48. The summed E-state index contributed by atoms with van der Waals surface area (Å²) in [5.41, 5.74) is 5.45. The molecule has 3 rings (SSSR count). The fraction of sp³-hybridized carbons (Fsp3) is 0.583. The van der Waals surface area contributed by atoms with Crippen molar-refractivity contribution in [1.82, 2.24) is 0 Å². The van der Waals surface area contributed by atoms with E-state index in [0.717, 1.165) is 25.0 Å². The lowest BCUT2D eigenvalue weighted by molar-refractivity contribution is -0.269. The quantitative estimate of drug-likeness (QED) is 0.555. The summed E-state index contributed by atoms with van der Waals surface area (Å²) in [5, 5.41) is 0. The lowest BCUT2D eigenvalue weighted by atomic mass is 9.63. The second kappa shape index (κ2) is 8.10. The van der Waals surface area contributed by atoms with Crippen molar-refractivity contribution in [3.05, 3.63) is 59.2 Å². The average molecular weight is 355 g/mol.